The van der Waals surface area contributed by atoms with Crippen LogP contribution in [0.25, 0.3) is 0 Å². The Morgan fingerprint density at radius 2 is 2.09 bits per heavy atom. The first kappa shape index (κ1) is 17.6. The molecule has 8 heteroatoms. The van der Waals surface area contributed by atoms with Gasteiger partial charge in [-0.25, -0.2) is 9.89 Å². The zero-order valence-corrected chi connectivity index (χ0v) is 14.7. The highest BCUT2D eigenvalue weighted by Crippen LogP contribution is 2.15. The largest absolute Gasteiger partial charge is 0.343 e. The zero-order valence-electron chi connectivity index (χ0n) is 13.1. The van der Waals surface area contributed by atoms with Crippen LogP contribution in [-0.2, 0) is 17.9 Å². The van der Waals surface area contributed by atoms with E-state index in [1.165, 1.54) is 11.8 Å². The van der Waals surface area contributed by atoms with E-state index in [1.807, 2.05) is 19.1 Å². The number of hydrogen-bond donors (Lipinski definition) is 1. The molecule has 0 bridgehead atoms. The molecular weight excluding hydrogens is 336 g/mol. The van der Waals surface area contributed by atoms with Gasteiger partial charge in [-0.1, -0.05) is 42.4 Å². The molecule has 0 saturated carbocycles. The van der Waals surface area contributed by atoms with E-state index >= 15 is 0 Å². The Morgan fingerprint density at radius 3 is 2.74 bits per heavy atom. The summed E-state index contributed by atoms with van der Waals surface area (Å²) in [6, 6.07) is 7.39. The van der Waals surface area contributed by atoms with Crippen LogP contribution in [0.2, 0.25) is 5.02 Å². The first-order valence-corrected chi connectivity index (χ1v) is 8.64. The van der Waals surface area contributed by atoms with Gasteiger partial charge in [-0.3, -0.25) is 9.36 Å². The highest BCUT2D eigenvalue weighted by atomic mass is 35.5. The molecule has 124 valence electrons. The number of aromatic amines is 1. The molecule has 1 N–H and O–H groups in total. The molecule has 1 aromatic carbocycles. The van der Waals surface area contributed by atoms with Crippen LogP contribution in [0, 0.1) is 0 Å². The first-order valence-electron chi connectivity index (χ1n) is 7.27. The van der Waals surface area contributed by atoms with Gasteiger partial charge in [-0.05, 0) is 24.1 Å². The molecule has 1 aromatic heterocycles. The highest BCUT2D eigenvalue weighted by molar-refractivity contribution is 7.99. The van der Waals surface area contributed by atoms with E-state index in [2.05, 4.69) is 10.2 Å². The summed E-state index contributed by atoms with van der Waals surface area (Å²) in [4.78, 5) is 25.5. The van der Waals surface area contributed by atoms with Crippen LogP contribution in [0.3, 0.4) is 0 Å². The summed E-state index contributed by atoms with van der Waals surface area (Å²) in [6.07, 6.45) is 0.831. The third kappa shape index (κ3) is 4.87. The molecule has 0 spiro atoms. The van der Waals surface area contributed by atoms with Crippen LogP contribution in [-0.4, -0.2) is 38.4 Å². The summed E-state index contributed by atoms with van der Waals surface area (Å²) in [5.41, 5.74) is 0.772. The van der Waals surface area contributed by atoms with Crippen molar-refractivity contribution in [2.45, 2.75) is 31.6 Å². The molecule has 6 nitrogen and oxygen atoms in total. The molecule has 0 aliphatic heterocycles. The zero-order chi connectivity index (χ0) is 16.8. The number of halogens is 1. The third-order valence-electron chi connectivity index (χ3n) is 3.25. The summed E-state index contributed by atoms with van der Waals surface area (Å²) in [5.74, 6) is 0.210. The van der Waals surface area contributed by atoms with Crippen LogP contribution < -0.4 is 5.69 Å². The number of hydrogen-bond acceptors (Lipinski definition) is 4. The second kappa shape index (κ2) is 8.21. The Kier molecular flexibility index (Phi) is 6.29. The van der Waals surface area contributed by atoms with E-state index in [1.54, 1.807) is 28.6 Å². The van der Waals surface area contributed by atoms with E-state index in [0.717, 1.165) is 12.0 Å². The van der Waals surface area contributed by atoms with E-state index in [9.17, 15) is 9.59 Å². The van der Waals surface area contributed by atoms with Crippen molar-refractivity contribution in [1.82, 2.24) is 19.7 Å². The minimum absolute atomic E-state index is 0.0246. The van der Waals surface area contributed by atoms with Crippen molar-refractivity contribution in [3.8, 4) is 0 Å². The summed E-state index contributed by atoms with van der Waals surface area (Å²) < 4.78 is 1.55. The number of rotatable bonds is 7. The Labute approximate surface area is 143 Å². The van der Waals surface area contributed by atoms with Crippen molar-refractivity contribution in [1.29, 1.82) is 0 Å². The number of nitrogens with zero attached hydrogens (tertiary/aromatic N) is 3. The lowest BCUT2D eigenvalue weighted by molar-refractivity contribution is -0.127. The molecule has 0 aliphatic carbocycles. The topological polar surface area (TPSA) is 71.0 Å². The predicted molar refractivity (Wildman–Crippen MR) is 91.8 cm³/mol. The molecule has 1 heterocycles. The van der Waals surface area contributed by atoms with Gasteiger partial charge >= 0.3 is 5.69 Å². The molecule has 0 aliphatic rings. The van der Waals surface area contributed by atoms with Crippen molar-refractivity contribution >= 4 is 29.3 Å². The molecule has 0 radical (unpaired) electrons. The molecule has 2 aromatic rings. The molecular formula is C15H19ClN4O2S. The van der Waals surface area contributed by atoms with E-state index in [4.69, 9.17) is 11.6 Å². The average Bonchev–Trinajstić information content (AvgIpc) is 2.88. The average molecular weight is 355 g/mol. The van der Waals surface area contributed by atoms with Gasteiger partial charge in [0.1, 0.15) is 0 Å². The number of H-pyrrole nitrogens is 1. The molecule has 0 unspecified atom stereocenters. The predicted octanol–water partition coefficient (Wildman–Crippen LogP) is 2.39. The molecule has 2 rings (SSSR count). The summed E-state index contributed by atoms with van der Waals surface area (Å²) in [7, 11) is 1.75. The first-order chi connectivity index (χ1) is 11.0. The van der Waals surface area contributed by atoms with Gasteiger partial charge in [-0.2, -0.15) is 0 Å². The fraction of sp³-hybridized carbons (Fsp3) is 0.400. The Balaban J connectivity index is 1.91. The second-order valence-corrected chi connectivity index (χ2v) is 6.51. The standard InChI is InChI=1S/C15H19ClN4O2S/c1-3-8-20-14(22)17-18-15(20)23-10-13(21)19(2)9-11-4-6-12(16)7-5-11/h4-7H,3,8-10H2,1-2H3,(H,17,22). The Morgan fingerprint density at radius 1 is 1.39 bits per heavy atom. The van der Waals surface area contributed by atoms with Gasteiger partial charge in [-0.15, -0.1) is 5.10 Å². The van der Waals surface area contributed by atoms with Crippen LogP contribution in [0.15, 0.2) is 34.2 Å². The number of amides is 1. The lowest BCUT2D eigenvalue weighted by Crippen LogP contribution is -2.28. The normalized spacial score (nSPS) is 10.7. The van der Waals surface area contributed by atoms with Crippen LogP contribution in [0.4, 0.5) is 0 Å². The third-order valence-corrected chi connectivity index (χ3v) is 4.47. The molecule has 1 amide bonds. The number of nitrogens with one attached hydrogen (secondary N) is 1. The molecule has 0 saturated heterocycles. The SMILES string of the molecule is CCCn1c(SCC(=O)N(C)Cc2ccc(Cl)cc2)n[nH]c1=O. The van der Waals surface area contributed by atoms with Crippen molar-refractivity contribution in [2.24, 2.45) is 0 Å². The Hall–Kier alpha value is -1.73. The fourth-order valence-corrected chi connectivity index (χ4v) is 3.06. The lowest BCUT2D eigenvalue weighted by atomic mass is 10.2. The Bertz CT molecular complexity index is 711. The lowest BCUT2D eigenvalue weighted by Gasteiger charge is -2.17. The van der Waals surface area contributed by atoms with Crippen molar-refractivity contribution in [2.75, 3.05) is 12.8 Å². The monoisotopic (exact) mass is 354 g/mol. The maximum atomic E-state index is 12.2. The summed E-state index contributed by atoms with van der Waals surface area (Å²) >= 11 is 7.11. The molecule has 23 heavy (non-hydrogen) atoms. The number of thioether (sulfide) groups is 1. The van der Waals surface area contributed by atoms with Crippen LogP contribution in [0.5, 0.6) is 0 Å². The van der Waals surface area contributed by atoms with Gasteiger partial charge in [0.15, 0.2) is 5.16 Å². The summed E-state index contributed by atoms with van der Waals surface area (Å²) in [6.45, 7) is 3.09. The highest BCUT2D eigenvalue weighted by Gasteiger charge is 2.14. The van der Waals surface area contributed by atoms with Gasteiger partial charge in [0.25, 0.3) is 0 Å². The fourth-order valence-electron chi connectivity index (χ4n) is 2.02. The van der Waals surface area contributed by atoms with Gasteiger partial charge in [0.05, 0.1) is 5.75 Å². The van der Waals surface area contributed by atoms with Gasteiger partial charge in [0, 0.05) is 25.2 Å². The van der Waals surface area contributed by atoms with E-state index < -0.39 is 0 Å². The van der Waals surface area contributed by atoms with E-state index in [0.29, 0.717) is 23.3 Å². The maximum Gasteiger partial charge on any atom is 0.343 e. The quantitative estimate of drug-likeness (QED) is 0.775. The van der Waals surface area contributed by atoms with Crippen molar-refractivity contribution in [3.05, 3.63) is 45.3 Å². The molecule has 0 atom stereocenters. The van der Waals surface area contributed by atoms with E-state index in [-0.39, 0.29) is 17.3 Å². The maximum absolute atomic E-state index is 12.2. The van der Waals surface area contributed by atoms with Gasteiger partial charge < -0.3 is 4.90 Å². The molecule has 0 fully saturated rings. The summed E-state index contributed by atoms with van der Waals surface area (Å²) in [5, 5.41) is 7.60. The smallest absolute Gasteiger partial charge is 0.341 e. The van der Waals surface area contributed by atoms with Crippen LogP contribution >= 0.6 is 23.4 Å². The number of aromatic nitrogens is 3. The number of benzene rings is 1. The number of carbonyl (C=O) groups excluding carboxylic acids is 1. The van der Waals surface area contributed by atoms with Crippen molar-refractivity contribution in [3.63, 3.8) is 0 Å². The second-order valence-electron chi connectivity index (χ2n) is 5.13. The van der Waals surface area contributed by atoms with Crippen LogP contribution in [0.1, 0.15) is 18.9 Å². The van der Waals surface area contributed by atoms with Gasteiger partial charge in [0.2, 0.25) is 5.91 Å². The minimum Gasteiger partial charge on any atom is -0.341 e. The van der Waals surface area contributed by atoms with Crippen molar-refractivity contribution < 1.29 is 4.79 Å². The number of carbonyl (C=O) groups is 1. The minimum atomic E-state index is -0.240.